The fourth-order valence-corrected chi connectivity index (χ4v) is 2.77. The number of ether oxygens (including phenoxy) is 1. The van der Waals surface area contributed by atoms with Crippen molar-refractivity contribution in [3.63, 3.8) is 0 Å². The summed E-state index contributed by atoms with van der Waals surface area (Å²) in [5.74, 6) is 0.763. The van der Waals surface area contributed by atoms with Crippen LogP contribution in [0.3, 0.4) is 0 Å². The first-order chi connectivity index (χ1) is 10.8. The van der Waals surface area contributed by atoms with Crippen molar-refractivity contribution in [1.82, 2.24) is 9.78 Å². The highest BCUT2D eigenvalue weighted by molar-refractivity contribution is 6.30. The summed E-state index contributed by atoms with van der Waals surface area (Å²) in [4.78, 5) is 12.3. The minimum Gasteiger partial charge on any atom is -0.426 e. The Morgan fingerprint density at radius 3 is 2.61 bits per heavy atom. The Kier molecular flexibility index (Phi) is 5.47. The number of halogens is 1. The van der Waals surface area contributed by atoms with Gasteiger partial charge in [-0.05, 0) is 50.5 Å². The molecule has 0 spiro atoms. The van der Waals surface area contributed by atoms with Gasteiger partial charge in [0.05, 0.1) is 12.1 Å². The lowest BCUT2D eigenvalue weighted by molar-refractivity contribution is -0.133. The van der Waals surface area contributed by atoms with Crippen molar-refractivity contribution >= 4 is 17.6 Å². The van der Waals surface area contributed by atoms with Gasteiger partial charge in [0.2, 0.25) is 0 Å². The second kappa shape index (κ2) is 7.18. The molecule has 0 unspecified atom stereocenters. The number of aromatic nitrogens is 2. The molecule has 4 nitrogen and oxygen atoms in total. The van der Waals surface area contributed by atoms with E-state index in [2.05, 4.69) is 18.9 Å². The van der Waals surface area contributed by atoms with Crippen molar-refractivity contribution in [2.75, 3.05) is 0 Å². The van der Waals surface area contributed by atoms with Crippen molar-refractivity contribution in [2.24, 2.45) is 5.92 Å². The number of carbonyl (C=O) groups excluding carboxylic acids is 1. The summed E-state index contributed by atoms with van der Waals surface area (Å²) in [5, 5.41) is 5.16. The Morgan fingerprint density at radius 1 is 1.30 bits per heavy atom. The van der Waals surface area contributed by atoms with Crippen LogP contribution in [-0.4, -0.2) is 15.7 Å². The van der Waals surface area contributed by atoms with E-state index < -0.39 is 0 Å². The maximum Gasteiger partial charge on any atom is 0.315 e. The van der Waals surface area contributed by atoms with Crippen LogP contribution in [0.4, 0.5) is 0 Å². The predicted octanol–water partition coefficient (Wildman–Crippen LogP) is 4.27. The van der Waals surface area contributed by atoms with Gasteiger partial charge >= 0.3 is 5.97 Å². The van der Waals surface area contributed by atoms with E-state index in [9.17, 15) is 4.79 Å². The number of rotatable bonds is 5. The average Bonchev–Trinajstić information content (AvgIpc) is 2.69. The van der Waals surface area contributed by atoms with E-state index in [1.54, 1.807) is 18.2 Å². The lowest BCUT2D eigenvalue weighted by atomic mass is 10.1. The van der Waals surface area contributed by atoms with Crippen LogP contribution in [-0.2, 0) is 17.8 Å². The van der Waals surface area contributed by atoms with Crippen LogP contribution < -0.4 is 4.74 Å². The molecule has 1 heterocycles. The van der Waals surface area contributed by atoms with Crippen molar-refractivity contribution < 1.29 is 9.53 Å². The molecule has 0 aliphatic heterocycles. The van der Waals surface area contributed by atoms with Gasteiger partial charge in [0.1, 0.15) is 5.75 Å². The second-order valence-electron chi connectivity index (χ2n) is 6.29. The Morgan fingerprint density at radius 2 is 2.00 bits per heavy atom. The highest BCUT2D eigenvalue weighted by Crippen LogP contribution is 2.23. The molecule has 0 N–H and O–H groups in total. The first-order valence-corrected chi connectivity index (χ1v) is 8.15. The topological polar surface area (TPSA) is 44.1 Å². The minimum atomic E-state index is -0.286. The maximum atomic E-state index is 12.3. The van der Waals surface area contributed by atoms with Gasteiger partial charge in [0.15, 0.2) is 0 Å². The molecule has 0 amide bonds. The predicted molar refractivity (Wildman–Crippen MR) is 92.1 cm³/mol. The molecule has 0 aliphatic rings. The third-order valence-corrected chi connectivity index (χ3v) is 3.99. The molecular weight excluding hydrogens is 312 g/mol. The molecule has 0 bridgehead atoms. The van der Waals surface area contributed by atoms with Gasteiger partial charge in [-0.1, -0.05) is 25.4 Å². The van der Waals surface area contributed by atoms with Gasteiger partial charge in [-0.2, -0.15) is 5.10 Å². The number of carbonyl (C=O) groups is 1. The largest absolute Gasteiger partial charge is 0.426 e. The Balaban J connectivity index is 2.12. The van der Waals surface area contributed by atoms with Crippen LogP contribution in [0.1, 0.15) is 36.4 Å². The average molecular weight is 335 g/mol. The van der Waals surface area contributed by atoms with E-state index in [0.717, 1.165) is 29.1 Å². The summed E-state index contributed by atoms with van der Waals surface area (Å²) < 4.78 is 7.44. The summed E-state index contributed by atoms with van der Waals surface area (Å²) in [6.45, 7) is 10.9. The number of hydrogen-bond donors (Lipinski definition) is 0. The third kappa shape index (κ3) is 4.35. The molecule has 5 heteroatoms. The van der Waals surface area contributed by atoms with Crippen molar-refractivity contribution in [3.8, 4) is 5.75 Å². The van der Waals surface area contributed by atoms with E-state index in [1.165, 1.54) is 0 Å². The molecule has 0 saturated heterocycles. The molecule has 2 aromatic rings. The highest BCUT2D eigenvalue weighted by Gasteiger charge is 2.17. The Bertz CT molecular complexity index is 720. The zero-order chi connectivity index (χ0) is 17.1. The number of aryl methyl sites for hydroxylation is 2. The fourth-order valence-electron chi connectivity index (χ4n) is 2.54. The van der Waals surface area contributed by atoms with Crippen LogP contribution in [0.5, 0.6) is 5.75 Å². The van der Waals surface area contributed by atoms with E-state index in [0.29, 0.717) is 16.7 Å². The van der Waals surface area contributed by atoms with E-state index in [1.807, 2.05) is 25.5 Å². The fraction of sp³-hybridized carbons (Fsp3) is 0.444. The first-order valence-electron chi connectivity index (χ1n) is 7.77. The molecule has 23 heavy (non-hydrogen) atoms. The van der Waals surface area contributed by atoms with Crippen molar-refractivity contribution in [2.45, 2.75) is 47.6 Å². The lowest BCUT2D eigenvalue weighted by Gasteiger charge is -2.09. The molecule has 0 atom stereocenters. The van der Waals surface area contributed by atoms with Gasteiger partial charge in [-0.25, -0.2) is 0 Å². The SMILES string of the molecule is Cc1cc(Cl)ccc1OC(=O)Cc1c(C)nn(CC(C)C)c1C. The Hall–Kier alpha value is -1.81. The number of hydrogen-bond acceptors (Lipinski definition) is 3. The zero-order valence-electron chi connectivity index (χ0n) is 14.3. The first kappa shape index (κ1) is 17.5. The second-order valence-corrected chi connectivity index (χ2v) is 6.72. The van der Waals surface area contributed by atoms with E-state index >= 15 is 0 Å². The molecule has 0 fully saturated rings. The smallest absolute Gasteiger partial charge is 0.315 e. The zero-order valence-corrected chi connectivity index (χ0v) is 15.1. The molecule has 124 valence electrons. The van der Waals surface area contributed by atoms with E-state index in [4.69, 9.17) is 16.3 Å². The maximum absolute atomic E-state index is 12.3. The van der Waals surface area contributed by atoms with Gasteiger partial charge in [0, 0.05) is 22.8 Å². The number of nitrogens with zero attached hydrogens (tertiary/aromatic N) is 2. The van der Waals surface area contributed by atoms with Gasteiger partial charge in [0.25, 0.3) is 0 Å². The highest BCUT2D eigenvalue weighted by atomic mass is 35.5. The van der Waals surface area contributed by atoms with Crippen LogP contribution >= 0.6 is 11.6 Å². The quantitative estimate of drug-likeness (QED) is 0.606. The van der Waals surface area contributed by atoms with Gasteiger partial charge in [-0.15, -0.1) is 0 Å². The third-order valence-electron chi connectivity index (χ3n) is 3.75. The molecule has 1 aromatic carbocycles. The molecule has 2 rings (SSSR count). The van der Waals surface area contributed by atoms with Crippen LogP contribution in [0.25, 0.3) is 0 Å². The summed E-state index contributed by atoms with van der Waals surface area (Å²) >= 11 is 5.92. The monoisotopic (exact) mass is 334 g/mol. The molecular formula is C18H23ClN2O2. The van der Waals surface area contributed by atoms with Gasteiger partial charge in [-0.3, -0.25) is 9.48 Å². The summed E-state index contributed by atoms with van der Waals surface area (Å²) in [5.41, 5.74) is 3.70. The molecule has 1 aromatic heterocycles. The van der Waals surface area contributed by atoms with Crippen molar-refractivity contribution in [3.05, 3.63) is 45.7 Å². The van der Waals surface area contributed by atoms with Crippen LogP contribution in [0.2, 0.25) is 5.02 Å². The summed E-state index contributed by atoms with van der Waals surface area (Å²) in [6, 6.07) is 5.22. The number of benzene rings is 1. The Labute approximate surface area is 142 Å². The molecule has 0 saturated carbocycles. The number of esters is 1. The lowest BCUT2D eigenvalue weighted by Crippen LogP contribution is -2.13. The molecule has 0 radical (unpaired) electrons. The standard InChI is InChI=1S/C18H23ClN2O2/c1-11(2)10-21-14(5)16(13(4)20-21)9-18(22)23-17-7-6-15(19)8-12(17)3/h6-8,11H,9-10H2,1-5H3. The summed E-state index contributed by atoms with van der Waals surface area (Å²) in [7, 11) is 0. The van der Waals surface area contributed by atoms with Crippen molar-refractivity contribution in [1.29, 1.82) is 0 Å². The minimum absolute atomic E-state index is 0.220. The van der Waals surface area contributed by atoms with Gasteiger partial charge < -0.3 is 4.74 Å². The van der Waals surface area contributed by atoms with Crippen LogP contribution in [0.15, 0.2) is 18.2 Å². The van der Waals surface area contributed by atoms with Crippen LogP contribution in [0, 0.1) is 26.7 Å². The van der Waals surface area contributed by atoms with E-state index in [-0.39, 0.29) is 12.4 Å². The normalized spacial score (nSPS) is 11.1. The molecule has 0 aliphatic carbocycles. The summed E-state index contributed by atoms with van der Waals surface area (Å²) in [6.07, 6.45) is 0.220.